The van der Waals surface area contributed by atoms with E-state index in [0.29, 0.717) is 29.0 Å². The van der Waals surface area contributed by atoms with Gasteiger partial charge >= 0.3 is 0 Å². The largest absolute Gasteiger partial charge is 0.489 e. The van der Waals surface area contributed by atoms with Crippen LogP contribution >= 0.6 is 24.0 Å². The molecule has 6 nitrogen and oxygen atoms in total. The molecule has 1 aliphatic rings. The molecule has 0 spiro atoms. The first kappa shape index (κ1) is 24.9. The van der Waals surface area contributed by atoms with Crippen molar-refractivity contribution in [1.82, 2.24) is 14.7 Å². The van der Waals surface area contributed by atoms with Crippen LogP contribution in [0.15, 0.2) is 72.3 Å². The third-order valence-electron chi connectivity index (χ3n) is 5.46. The number of benzene rings is 2. The van der Waals surface area contributed by atoms with Crippen LogP contribution < -0.4 is 4.74 Å². The van der Waals surface area contributed by atoms with E-state index in [1.807, 2.05) is 72.4 Å². The van der Waals surface area contributed by atoms with E-state index < -0.39 is 0 Å². The van der Waals surface area contributed by atoms with Crippen LogP contribution in [0.25, 0.3) is 23.0 Å². The van der Waals surface area contributed by atoms with Gasteiger partial charge in [0.15, 0.2) is 0 Å². The summed E-state index contributed by atoms with van der Waals surface area (Å²) in [5.41, 5.74) is 4.48. The fourth-order valence-corrected chi connectivity index (χ4v) is 5.04. The Labute approximate surface area is 215 Å². The van der Waals surface area contributed by atoms with Gasteiger partial charge in [0.2, 0.25) is 0 Å². The van der Waals surface area contributed by atoms with Crippen molar-refractivity contribution < 1.29 is 14.3 Å². The normalized spacial score (nSPS) is 14.7. The molecule has 0 unspecified atom stereocenters. The monoisotopic (exact) mass is 505 g/mol. The zero-order valence-corrected chi connectivity index (χ0v) is 21.4. The molecule has 1 amide bonds. The molecule has 1 aliphatic heterocycles. The van der Waals surface area contributed by atoms with E-state index >= 15 is 0 Å². The lowest BCUT2D eigenvalue weighted by molar-refractivity contribution is -0.122. The molecule has 0 saturated carbocycles. The average molecular weight is 506 g/mol. The molecule has 0 radical (unpaired) electrons. The average Bonchev–Trinajstić information content (AvgIpc) is 3.40. The fourth-order valence-electron chi connectivity index (χ4n) is 3.74. The van der Waals surface area contributed by atoms with Gasteiger partial charge in [-0.2, -0.15) is 5.10 Å². The third-order valence-corrected chi connectivity index (χ3v) is 6.84. The van der Waals surface area contributed by atoms with Crippen LogP contribution in [0.1, 0.15) is 17.5 Å². The number of carbonyl (C=O) groups excluding carboxylic acids is 1. The Hall–Kier alpha value is -3.20. The summed E-state index contributed by atoms with van der Waals surface area (Å²) in [7, 11) is 1.65. The predicted molar refractivity (Wildman–Crippen MR) is 146 cm³/mol. The third kappa shape index (κ3) is 5.73. The van der Waals surface area contributed by atoms with E-state index in [1.165, 1.54) is 11.8 Å². The maximum atomic E-state index is 13.1. The molecule has 0 bridgehead atoms. The maximum absolute atomic E-state index is 13.1. The molecule has 2 aromatic carbocycles. The highest BCUT2D eigenvalue weighted by atomic mass is 32.2. The number of para-hydroxylation sites is 1. The lowest BCUT2D eigenvalue weighted by atomic mass is 10.0. The summed E-state index contributed by atoms with van der Waals surface area (Å²) < 4.78 is 13.2. The van der Waals surface area contributed by atoms with Crippen LogP contribution in [0.2, 0.25) is 0 Å². The molecular formula is C27H27N3O3S2. The molecule has 1 fully saturated rings. The van der Waals surface area contributed by atoms with E-state index in [9.17, 15) is 4.79 Å². The zero-order valence-electron chi connectivity index (χ0n) is 19.8. The summed E-state index contributed by atoms with van der Waals surface area (Å²) >= 11 is 6.80. The van der Waals surface area contributed by atoms with Gasteiger partial charge in [0.05, 0.1) is 10.6 Å². The van der Waals surface area contributed by atoms with Crippen molar-refractivity contribution in [2.45, 2.75) is 13.3 Å². The van der Waals surface area contributed by atoms with Crippen LogP contribution in [-0.4, -0.2) is 51.8 Å². The number of thiocarbonyl (C=S) groups is 1. The van der Waals surface area contributed by atoms with Crippen molar-refractivity contribution in [2.75, 3.05) is 26.9 Å². The number of hydrogen-bond donors (Lipinski definition) is 0. The molecular weight excluding hydrogens is 478 g/mol. The minimum Gasteiger partial charge on any atom is -0.489 e. The summed E-state index contributed by atoms with van der Waals surface area (Å²) in [6.45, 7) is 7.27. The van der Waals surface area contributed by atoms with Gasteiger partial charge in [0, 0.05) is 37.6 Å². The lowest BCUT2D eigenvalue weighted by Gasteiger charge is -2.13. The highest BCUT2D eigenvalue weighted by Crippen LogP contribution is 2.35. The smallest absolute Gasteiger partial charge is 0.266 e. The number of aromatic nitrogens is 2. The van der Waals surface area contributed by atoms with Crippen LogP contribution in [0.5, 0.6) is 5.75 Å². The number of amides is 1. The van der Waals surface area contributed by atoms with Gasteiger partial charge in [0.25, 0.3) is 5.91 Å². The van der Waals surface area contributed by atoms with Gasteiger partial charge in [0.1, 0.15) is 22.4 Å². The number of rotatable bonds is 10. The molecule has 2 heterocycles. The van der Waals surface area contributed by atoms with Gasteiger partial charge in [-0.3, -0.25) is 9.69 Å². The number of ether oxygens (including phenoxy) is 2. The number of aryl methyl sites for hydroxylation is 1. The second-order valence-corrected chi connectivity index (χ2v) is 9.65. The van der Waals surface area contributed by atoms with Crippen LogP contribution in [0.3, 0.4) is 0 Å². The van der Waals surface area contributed by atoms with Crippen molar-refractivity contribution in [1.29, 1.82) is 0 Å². The number of carbonyl (C=O) groups is 1. The van der Waals surface area contributed by atoms with Gasteiger partial charge in [-0.1, -0.05) is 54.8 Å². The first-order chi connectivity index (χ1) is 17.0. The summed E-state index contributed by atoms with van der Waals surface area (Å²) in [5.74, 6) is 0.716. The molecule has 1 saturated heterocycles. The fraction of sp³-hybridized carbons (Fsp3) is 0.222. The Bertz CT molecular complexity index is 1270. The molecule has 0 aliphatic carbocycles. The van der Waals surface area contributed by atoms with Gasteiger partial charge in [-0.15, -0.1) is 0 Å². The standard InChI is InChI=1S/C27H27N3O3S2/c1-4-14-33-23-12-11-20(16-19(23)2)25-21(18-30(28-25)22-9-6-5-7-10-22)17-24-26(31)29(27(34)35-24)13-8-15-32-3/h4-7,9-12,16-18H,1,8,13-15H2,2-3H3. The summed E-state index contributed by atoms with van der Waals surface area (Å²) in [4.78, 5) is 15.3. The van der Waals surface area contributed by atoms with Crippen molar-refractivity contribution in [3.63, 3.8) is 0 Å². The molecule has 180 valence electrons. The molecule has 3 aromatic rings. The summed E-state index contributed by atoms with van der Waals surface area (Å²) in [5, 5.41) is 4.88. The van der Waals surface area contributed by atoms with Crippen LogP contribution in [0.4, 0.5) is 0 Å². The second-order valence-electron chi connectivity index (χ2n) is 7.97. The number of nitrogens with zero attached hydrogens (tertiary/aromatic N) is 3. The number of hydrogen-bond acceptors (Lipinski definition) is 6. The van der Waals surface area contributed by atoms with E-state index in [-0.39, 0.29) is 5.91 Å². The Morgan fingerprint density at radius 1 is 1.20 bits per heavy atom. The number of thioether (sulfide) groups is 1. The first-order valence-corrected chi connectivity index (χ1v) is 12.5. The Kier molecular flexibility index (Phi) is 8.17. The quantitative estimate of drug-likeness (QED) is 0.154. The first-order valence-electron chi connectivity index (χ1n) is 11.3. The Balaban J connectivity index is 1.72. The Morgan fingerprint density at radius 2 is 2.00 bits per heavy atom. The molecule has 35 heavy (non-hydrogen) atoms. The topological polar surface area (TPSA) is 56.6 Å². The second kappa shape index (κ2) is 11.5. The molecule has 8 heteroatoms. The van der Waals surface area contributed by atoms with E-state index in [1.54, 1.807) is 18.1 Å². The molecule has 1 aromatic heterocycles. The minimum atomic E-state index is -0.0844. The van der Waals surface area contributed by atoms with Crippen molar-refractivity contribution in [3.05, 3.63) is 83.4 Å². The molecule has 0 atom stereocenters. The van der Waals surface area contributed by atoms with Crippen molar-refractivity contribution >= 4 is 40.3 Å². The Morgan fingerprint density at radius 3 is 2.71 bits per heavy atom. The highest BCUT2D eigenvalue weighted by molar-refractivity contribution is 8.26. The summed E-state index contributed by atoms with van der Waals surface area (Å²) in [6, 6.07) is 15.9. The molecule has 0 N–H and O–H groups in total. The summed E-state index contributed by atoms with van der Waals surface area (Å²) in [6.07, 6.45) is 6.28. The van der Waals surface area contributed by atoms with Gasteiger partial charge in [-0.25, -0.2) is 4.68 Å². The minimum absolute atomic E-state index is 0.0844. The SMILES string of the molecule is C=CCOc1ccc(-c2nn(-c3ccccc3)cc2C=C2SC(=S)N(CCCOC)C2=O)cc1C. The molecule has 4 rings (SSSR count). The maximum Gasteiger partial charge on any atom is 0.266 e. The zero-order chi connectivity index (χ0) is 24.8. The number of methoxy groups -OCH3 is 1. The predicted octanol–water partition coefficient (Wildman–Crippen LogP) is 5.65. The van der Waals surface area contributed by atoms with E-state index in [0.717, 1.165) is 40.2 Å². The van der Waals surface area contributed by atoms with E-state index in [2.05, 4.69) is 6.58 Å². The van der Waals surface area contributed by atoms with Crippen LogP contribution in [-0.2, 0) is 9.53 Å². The van der Waals surface area contributed by atoms with Crippen molar-refractivity contribution in [3.8, 4) is 22.7 Å². The van der Waals surface area contributed by atoms with Gasteiger partial charge < -0.3 is 9.47 Å². The van der Waals surface area contributed by atoms with Gasteiger partial charge in [-0.05, 0) is 55.3 Å². The van der Waals surface area contributed by atoms with E-state index in [4.69, 9.17) is 26.8 Å². The highest BCUT2D eigenvalue weighted by Gasteiger charge is 2.32. The van der Waals surface area contributed by atoms with Crippen LogP contribution in [0, 0.1) is 6.92 Å². The van der Waals surface area contributed by atoms with Crippen molar-refractivity contribution in [2.24, 2.45) is 0 Å². The lowest BCUT2D eigenvalue weighted by Crippen LogP contribution is -2.29.